The zero-order chi connectivity index (χ0) is 21.5. The second-order valence-corrected chi connectivity index (χ2v) is 6.74. The van der Waals surface area contributed by atoms with Gasteiger partial charge in [0.1, 0.15) is 5.82 Å². The first kappa shape index (κ1) is 20.0. The summed E-state index contributed by atoms with van der Waals surface area (Å²) in [5.74, 6) is 1.10. The van der Waals surface area contributed by atoms with Crippen LogP contribution >= 0.6 is 0 Å². The first-order valence-corrected chi connectivity index (χ1v) is 9.83. The molecule has 0 aliphatic rings. The minimum atomic E-state index is -0.163. The molecule has 1 amide bonds. The lowest BCUT2D eigenvalue weighted by Crippen LogP contribution is -2.29. The number of para-hydroxylation sites is 1. The number of carbonyl (C=O) groups excluding carboxylic acids is 1. The first-order chi connectivity index (χ1) is 15.2. The average Bonchev–Trinajstić information content (AvgIpc) is 3.20. The molecule has 9 heteroatoms. The number of carbonyl (C=O) groups is 1. The topological polar surface area (TPSA) is 110 Å². The lowest BCUT2D eigenvalue weighted by atomic mass is 10.2. The van der Waals surface area contributed by atoms with Crippen LogP contribution in [0.25, 0.3) is 5.69 Å². The quantitative estimate of drug-likeness (QED) is 0.380. The lowest BCUT2D eigenvalue weighted by Gasteiger charge is -2.08. The van der Waals surface area contributed by atoms with Crippen molar-refractivity contribution >= 4 is 23.2 Å². The van der Waals surface area contributed by atoms with Gasteiger partial charge in [0.15, 0.2) is 5.82 Å². The van der Waals surface area contributed by atoms with Crippen molar-refractivity contribution in [2.24, 2.45) is 0 Å². The third-order valence-corrected chi connectivity index (χ3v) is 4.59. The molecule has 4 rings (SSSR count). The molecule has 0 bridgehead atoms. The van der Waals surface area contributed by atoms with Crippen LogP contribution in [0.1, 0.15) is 16.1 Å². The number of anilines is 3. The van der Waals surface area contributed by atoms with Crippen LogP contribution in [-0.4, -0.2) is 44.0 Å². The maximum Gasteiger partial charge on any atom is 0.254 e. The van der Waals surface area contributed by atoms with Gasteiger partial charge in [0, 0.05) is 31.2 Å². The molecule has 0 saturated heterocycles. The fourth-order valence-electron chi connectivity index (χ4n) is 3.00. The Morgan fingerprint density at radius 1 is 0.935 bits per heavy atom. The van der Waals surface area contributed by atoms with E-state index in [9.17, 15) is 4.79 Å². The SMILES string of the molecule is Cc1c(C(=O)NCCNc2ccc(Nc3ccncc3)nn2)cnn1-c1ccccc1. The van der Waals surface area contributed by atoms with Crippen molar-refractivity contribution in [3.63, 3.8) is 0 Å². The van der Waals surface area contributed by atoms with E-state index < -0.39 is 0 Å². The number of hydrogen-bond donors (Lipinski definition) is 3. The van der Waals surface area contributed by atoms with E-state index in [0.717, 1.165) is 17.1 Å². The monoisotopic (exact) mass is 414 g/mol. The predicted octanol–water partition coefficient (Wildman–Crippen LogP) is 2.95. The Balaban J connectivity index is 1.25. The van der Waals surface area contributed by atoms with Crippen LogP contribution in [-0.2, 0) is 0 Å². The largest absolute Gasteiger partial charge is 0.367 e. The maximum absolute atomic E-state index is 12.5. The van der Waals surface area contributed by atoms with E-state index in [1.54, 1.807) is 23.3 Å². The summed E-state index contributed by atoms with van der Waals surface area (Å²) >= 11 is 0. The van der Waals surface area contributed by atoms with Crippen LogP contribution in [0.5, 0.6) is 0 Å². The van der Waals surface area contributed by atoms with Crippen LogP contribution < -0.4 is 16.0 Å². The van der Waals surface area contributed by atoms with Gasteiger partial charge in [-0.05, 0) is 43.3 Å². The fourth-order valence-corrected chi connectivity index (χ4v) is 3.00. The number of benzene rings is 1. The molecule has 0 fully saturated rings. The molecule has 3 aromatic heterocycles. The van der Waals surface area contributed by atoms with Crippen LogP contribution in [0.4, 0.5) is 17.3 Å². The fraction of sp³-hybridized carbons (Fsp3) is 0.136. The zero-order valence-corrected chi connectivity index (χ0v) is 17.0. The van der Waals surface area contributed by atoms with Gasteiger partial charge in [-0.2, -0.15) is 5.10 Å². The summed E-state index contributed by atoms with van der Waals surface area (Å²) in [5, 5.41) is 21.8. The summed E-state index contributed by atoms with van der Waals surface area (Å²) in [6.45, 7) is 2.83. The number of aromatic nitrogens is 5. The third-order valence-electron chi connectivity index (χ3n) is 4.59. The average molecular weight is 414 g/mol. The Morgan fingerprint density at radius 2 is 1.68 bits per heavy atom. The van der Waals surface area contributed by atoms with E-state index >= 15 is 0 Å². The van der Waals surface area contributed by atoms with E-state index in [4.69, 9.17) is 0 Å². The Hall–Kier alpha value is -4.27. The van der Waals surface area contributed by atoms with Gasteiger partial charge in [-0.1, -0.05) is 18.2 Å². The number of nitrogens with zero attached hydrogens (tertiary/aromatic N) is 5. The van der Waals surface area contributed by atoms with E-state index in [1.807, 2.05) is 61.5 Å². The van der Waals surface area contributed by atoms with Gasteiger partial charge in [-0.25, -0.2) is 4.68 Å². The summed E-state index contributed by atoms with van der Waals surface area (Å²) in [5.41, 5.74) is 3.15. The number of hydrogen-bond acceptors (Lipinski definition) is 7. The number of rotatable bonds is 8. The van der Waals surface area contributed by atoms with E-state index in [2.05, 4.69) is 36.2 Å². The van der Waals surface area contributed by atoms with E-state index in [1.165, 1.54) is 0 Å². The minimum Gasteiger partial charge on any atom is -0.367 e. The molecule has 4 aromatic rings. The first-order valence-electron chi connectivity index (χ1n) is 9.83. The Morgan fingerprint density at radius 3 is 2.42 bits per heavy atom. The van der Waals surface area contributed by atoms with Gasteiger partial charge in [0.25, 0.3) is 5.91 Å². The Labute approximate surface area is 179 Å². The predicted molar refractivity (Wildman–Crippen MR) is 119 cm³/mol. The van der Waals surface area contributed by atoms with Gasteiger partial charge in [0.05, 0.1) is 23.1 Å². The number of nitrogens with one attached hydrogen (secondary N) is 3. The second kappa shape index (κ2) is 9.49. The smallest absolute Gasteiger partial charge is 0.254 e. The summed E-state index contributed by atoms with van der Waals surface area (Å²) in [6, 6.07) is 17.1. The van der Waals surface area contributed by atoms with Crippen molar-refractivity contribution in [2.45, 2.75) is 6.92 Å². The van der Waals surface area contributed by atoms with Crippen molar-refractivity contribution < 1.29 is 4.79 Å². The molecule has 0 unspecified atom stereocenters. The molecule has 0 saturated carbocycles. The number of amides is 1. The Bertz CT molecular complexity index is 1130. The summed E-state index contributed by atoms with van der Waals surface area (Å²) in [6.07, 6.45) is 4.99. The highest BCUT2D eigenvalue weighted by molar-refractivity contribution is 5.95. The molecule has 3 heterocycles. The highest BCUT2D eigenvalue weighted by atomic mass is 16.1. The van der Waals surface area contributed by atoms with Gasteiger partial charge >= 0.3 is 0 Å². The van der Waals surface area contributed by atoms with Crippen molar-refractivity contribution in [3.8, 4) is 5.69 Å². The van der Waals surface area contributed by atoms with Crippen molar-refractivity contribution in [1.82, 2.24) is 30.3 Å². The molecule has 0 atom stereocenters. The molecule has 0 aliphatic heterocycles. The molecule has 0 radical (unpaired) electrons. The van der Waals surface area contributed by atoms with Crippen molar-refractivity contribution in [2.75, 3.05) is 23.7 Å². The second-order valence-electron chi connectivity index (χ2n) is 6.74. The summed E-state index contributed by atoms with van der Waals surface area (Å²) < 4.78 is 1.75. The lowest BCUT2D eigenvalue weighted by molar-refractivity contribution is 0.0954. The molecule has 9 nitrogen and oxygen atoms in total. The standard InChI is InChI=1S/C22H22N8O/c1-16-19(15-26-30(16)18-5-3-2-4-6-18)22(31)25-14-13-24-20-7-8-21(29-28-20)27-17-9-11-23-12-10-17/h2-12,15H,13-14H2,1H3,(H,24,28)(H,25,31)(H,23,27,29). The zero-order valence-electron chi connectivity index (χ0n) is 17.0. The molecule has 0 spiro atoms. The highest BCUT2D eigenvalue weighted by Crippen LogP contribution is 2.14. The molecule has 3 N–H and O–H groups in total. The van der Waals surface area contributed by atoms with Crippen LogP contribution in [0.2, 0.25) is 0 Å². The molecule has 1 aromatic carbocycles. The Kier molecular flexibility index (Phi) is 6.13. The maximum atomic E-state index is 12.5. The van der Waals surface area contributed by atoms with Crippen molar-refractivity contribution in [3.05, 3.63) is 84.4 Å². The van der Waals surface area contributed by atoms with Gasteiger partial charge in [0.2, 0.25) is 0 Å². The van der Waals surface area contributed by atoms with Crippen LogP contribution in [0, 0.1) is 6.92 Å². The molecule has 0 aliphatic carbocycles. The highest BCUT2D eigenvalue weighted by Gasteiger charge is 2.14. The normalized spacial score (nSPS) is 10.5. The molecular weight excluding hydrogens is 392 g/mol. The molecule has 31 heavy (non-hydrogen) atoms. The third kappa shape index (κ3) is 5.02. The van der Waals surface area contributed by atoms with E-state index in [-0.39, 0.29) is 5.91 Å². The van der Waals surface area contributed by atoms with Gasteiger partial charge < -0.3 is 16.0 Å². The summed E-state index contributed by atoms with van der Waals surface area (Å²) in [7, 11) is 0. The van der Waals surface area contributed by atoms with E-state index in [0.29, 0.717) is 30.3 Å². The van der Waals surface area contributed by atoms with Gasteiger partial charge in [-0.3, -0.25) is 9.78 Å². The number of pyridine rings is 1. The van der Waals surface area contributed by atoms with Gasteiger partial charge in [-0.15, -0.1) is 10.2 Å². The van der Waals surface area contributed by atoms with Crippen molar-refractivity contribution in [1.29, 1.82) is 0 Å². The summed E-state index contributed by atoms with van der Waals surface area (Å²) in [4.78, 5) is 16.5. The molecule has 156 valence electrons. The minimum absolute atomic E-state index is 0.163. The van der Waals surface area contributed by atoms with Crippen LogP contribution in [0.3, 0.4) is 0 Å². The van der Waals surface area contributed by atoms with Crippen LogP contribution in [0.15, 0.2) is 73.2 Å². The molecular formula is C22H22N8O.